The molecule has 0 fully saturated rings. The predicted octanol–water partition coefficient (Wildman–Crippen LogP) is 3.23. The summed E-state index contributed by atoms with van der Waals surface area (Å²) in [4.78, 5) is 24.6. The highest BCUT2D eigenvalue weighted by Gasteiger charge is 2.18. The molecule has 1 heterocycles. The van der Waals surface area contributed by atoms with Crippen LogP contribution >= 0.6 is 0 Å². The topological polar surface area (TPSA) is 91.7 Å². The second-order valence-corrected chi connectivity index (χ2v) is 6.85. The first-order valence-electron chi connectivity index (χ1n) is 9.71. The van der Waals surface area contributed by atoms with Crippen molar-refractivity contribution in [2.75, 3.05) is 26.1 Å². The van der Waals surface area contributed by atoms with E-state index in [9.17, 15) is 9.59 Å². The predicted molar refractivity (Wildman–Crippen MR) is 116 cm³/mol. The van der Waals surface area contributed by atoms with Gasteiger partial charge in [-0.05, 0) is 38.1 Å². The number of amides is 1. The SMILES string of the molecule is COc1ccc(OC)c(NC(=O)COC(=O)Cc2c(C)nn(-c3ccccc3)c2C)c1. The lowest BCUT2D eigenvalue weighted by Gasteiger charge is -2.12. The van der Waals surface area contributed by atoms with Gasteiger partial charge in [0.05, 0.1) is 37.7 Å². The number of ether oxygens (including phenoxy) is 3. The third-order valence-electron chi connectivity index (χ3n) is 4.81. The molecule has 1 N–H and O–H groups in total. The number of benzene rings is 2. The highest BCUT2D eigenvalue weighted by molar-refractivity contribution is 5.94. The van der Waals surface area contributed by atoms with E-state index in [4.69, 9.17) is 14.2 Å². The molecule has 3 rings (SSSR count). The summed E-state index contributed by atoms with van der Waals surface area (Å²) in [5.74, 6) is 0.0504. The number of nitrogens with zero attached hydrogens (tertiary/aromatic N) is 2. The van der Waals surface area contributed by atoms with Crippen molar-refractivity contribution in [3.05, 3.63) is 65.5 Å². The van der Waals surface area contributed by atoms with Crippen molar-refractivity contribution >= 4 is 17.6 Å². The molecule has 31 heavy (non-hydrogen) atoms. The molecule has 0 radical (unpaired) electrons. The molecule has 162 valence electrons. The lowest BCUT2D eigenvalue weighted by molar-refractivity contribution is -0.146. The number of rotatable bonds is 8. The molecule has 3 aromatic rings. The maximum absolute atomic E-state index is 12.4. The van der Waals surface area contributed by atoms with Crippen LogP contribution in [0.1, 0.15) is 17.0 Å². The van der Waals surface area contributed by atoms with Gasteiger partial charge < -0.3 is 19.5 Å². The highest BCUT2D eigenvalue weighted by atomic mass is 16.5. The van der Waals surface area contributed by atoms with Crippen LogP contribution in [0.5, 0.6) is 11.5 Å². The fraction of sp³-hybridized carbons (Fsp3) is 0.261. The number of hydrogen-bond acceptors (Lipinski definition) is 6. The number of nitrogens with one attached hydrogen (secondary N) is 1. The van der Waals surface area contributed by atoms with Gasteiger partial charge in [0.2, 0.25) is 0 Å². The zero-order valence-corrected chi connectivity index (χ0v) is 18.0. The number of carbonyl (C=O) groups is 2. The molecule has 1 aromatic heterocycles. The summed E-state index contributed by atoms with van der Waals surface area (Å²) < 4.78 is 17.4. The van der Waals surface area contributed by atoms with Crippen molar-refractivity contribution in [1.29, 1.82) is 0 Å². The van der Waals surface area contributed by atoms with Crippen molar-refractivity contribution in [2.24, 2.45) is 0 Å². The summed E-state index contributed by atoms with van der Waals surface area (Å²) >= 11 is 0. The highest BCUT2D eigenvalue weighted by Crippen LogP contribution is 2.28. The molecule has 2 aromatic carbocycles. The molecule has 0 saturated heterocycles. The van der Waals surface area contributed by atoms with E-state index in [2.05, 4.69) is 10.4 Å². The van der Waals surface area contributed by atoms with Gasteiger partial charge >= 0.3 is 5.97 Å². The van der Waals surface area contributed by atoms with Crippen molar-refractivity contribution in [3.8, 4) is 17.2 Å². The summed E-state index contributed by atoms with van der Waals surface area (Å²) in [6.07, 6.45) is 0.0280. The van der Waals surface area contributed by atoms with Crippen molar-refractivity contribution in [1.82, 2.24) is 9.78 Å². The molecule has 1 amide bonds. The molecule has 8 nitrogen and oxygen atoms in total. The molecule has 0 saturated carbocycles. The zero-order valence-electron chi connectivity index (χ0n) is 18.0. The van der Waals surface area contributed by atoms with Gasteiger partial charge in [-0.1, -0.05) is 18.2 Å². The summed E-state index contributed by atoms with van der Waals surface area (Å²) in [5, 5.41) is 7.19. The number of aromatic nitrogens is 2. The molecular weight excluding hydrogens is 398 g/mol. The second kappa shape index (κ2) is 9.80. The van der Waals surface area contributed by atoms with Gasteiger partial charge in [0.15, 0.2) is 6.61 Å². The first kappa shape index (κ1) is 21.9. The number of anilines is 1. The molecule has 0 bridgehead atoms. The Hall–Kier alpha value is -3.81. The van der Waals surface area contributed by atoms with E-state index >= 15 is 0 Å². The van der Waals surface area contributed by atoms with Gasteiger partial charge in [0.1, 0.15) is 11.5 Å². The van der Waals surface area contributed by atoms with E-state index < -0.39 is 18.5 Å². The molecule has 0 spiro atoms. The molecule has 8 heteroatoms. The number of methoxy groups -OCH3 is 2. The molecule has 0 aliphatic rings. The van der Waals surface area contributed by atoms with Gasteiger partial charge in [-0.3, -0.25) is 9.59 Å². The van der Waals surface area contributed by atoms with E-state index in [-0.39, 0.29) is 6.42 Å². The molecule has 0 atom stereocenters. The van der Waals surface area contributed by atoms with Crippen molar-refractivity contribution < 1.29 is 23.8 Å². The van der Waals surface area contributed by atoms with Crippen LogP contribution in [0.4, 0.5) is 5.69 Å². The lowest BCUT2D eigenvalue weighted by Crippen LogP contribution is -2.22. The van der Waals surface area contributed by atoms with Gasteiger partial charge in [-0.2, -0.15) is 5.10 Å². The van der Waals surface area contributed by atoms with E-state index in [0.29, 0.717) is 17.2 Å². The first-order chi connectivity index (χ1) is 14.9. The Labute approximate surface area is 180 Å². The Kier molecular flexibility index (Phi) is 6.92. The van der Waals surface area contributed by atoms with Crippen LogP contribution in [0, 0.1) is 13.8 Å². The first-order valence-corrected chi connectivity index (χ1v) is 9.71. The maximum atomic E-state index is 12.4. The van der Waals surface area contributed by atoms with Crippen LogP contribution in [0.3, 0.4) is 0 Å². The monoisotopic (exact) mass is 423 g/mol. The summed E-state index contributed by atoms with van der Waals surface area (Å²) in [5.41, 5.74) is 3.71. The van der Waals surface area contributed by atoms with Crippen molar-refractivity contribution in [2.45, 2.75) is 20.3 Å². The largest absolute Gasteiger partial charge is 0.497 e. The van der Waals surface area contributed by atoms with Gasteiger partial charge in [0.25, 0.3) is 5.91 Å². The average molecular weight is 423 g/mol. The van der Waals surface area contributed by atoms with E-state index in [1.165, 1.54) is 14.2 Å². The Morgan fingerprint density at radius 2 is 1.77 bits per heavy atom. The minimum atomic E-state index is -0.508. The van der Waals surface area contributed by atoms with Gasteiger partial charge in [-0.15, -0.1) is 0 Å². The summed E-state index contributed by atoms with van der Waals surface area (Å²) in [6.45, 7) is 3.33. The van der Waals surface area contributed by atoms with Crippen LogP contribution in [0.15, 0.2) is 48.5 Å². The van der Waals surface area contributed by atoms with E-state index in [0.717, 1.165) is 22.6 Å². The summed E-state index contributed by atoms with van der Waals surface area (Å²) in [6, 6.07) is 14.7. The van der Waals surface area contributed by atoms with Gasteiger partial charge in [0, 0.05) is 17.3 Å². The zero-order chi connectivity index (χ0) is 22.4. The summed E-state index contributed by atoms with van der Waals surface area (Å²) in [7, 11) is 3.02. The smallest absolute Gasteiger partial charge is 0.310 e. The Bertz CT molecular complexity index is 1080. The van der Waals surface area contributed by atoms with Crippen LogP contribution < -0.4 is 14.8 Å². The normalized spacial score (nSPS) is 10.5. The quantitative estimate of drug-likeness (QED) is 0.560. The fourth-order valence-electron chi connectivity index (χ4n) is 3.19. The third-order valence-corrected chi connectivity index (χ3v) is 4.81. The average Bonchev–Trinajstić information content (AvgIpc) is 3.06. The Morgan fingerprint density at radius 1 is 1.03 bits per heavy atom. The number of carbonyl (C=O) groups excluding carboxylic acids is 2. The van der Waals surface area contributed by atoms with Crippen LogP contribution in [-0.2, 0) is 20.7 Å². The maximum Gasteiger partial charge on any atom is 0.310 e. The van der Waals surface area contributed by atoms with Gasteiger partial charge in [-0.25, -0.2) is 4.68 Å². The van der Waals surface area contributed by atoms with E-state index in [1.54, 1.807) is 22.9 Å². The molecule has 0 aliphatic heterocycles. The number of esters is 1. The fourth-order valence-corrected chi connectivity index (χ4v) is 3.19. The molecule has 0 aliphatic carbocycles. The minimum absolute atomic E-state index is 0.0280. The van der Waals surface area contributed by atoms with Crippen LogP contribution in [0.25, 0.3) is 5.69 Å². The third kappa shape index (κ3) is 5.22. The van der Waals surface area contributed by atoms with Crippen molar-refractivity contribution in [3.63, 3.8) is 0 Å². The number of aryl methyl sites for hydroxylation is 1. The standard InChI is InChI=1S/C23H25N3O5/c1-15-19(16(2)26(25-15)17-8-6-5-7-9-17)13-23(28)31-14-22(27)24-20-12-18(29-3)10-11-21(20)30-4/h5-12H,13-14H2,1-4H3,(H,24,27). The van der Waals surface area contributed by atoms with E-state index in [1.807, 2.05) is 44.2 Å². The molecule has 0 unspecified atom stereocenters. The number of hydrogen-bond donors (Lipinski definition) is 1. The second-order valence-electron chi connectivity index (χ2n) is 6.85. The minimum Gasteiger partial charge on any atom is -0.497 e. The lowest BCUT2D eigenvalue weighted by atomic mass is 10.1. The molecular formula is C23H25N3O5. The Morgan fingerprint density at radius 3 is 2.45 bits per heavy atom. The van der Waals surface area contributed by atoms with Crippen LogP contribution in [-0.4, -0.2) is 42.5 Å². The number of para-hydroxylation sites is 1. The Balaban J connectivity index is 1.61. The van der Waals surface area contributed by atoms with Crippen LogP contribution in [0.2, 0.25) is 0 Å².